The molecule has 3 rings (SSSR count). The van der Waals surface area contributed by atoms with Gasteiger partial charge >= 0.3 is 0 Å². The SMILES string of the molecule is COC=O.Clc1nc(Cl)c2c(ncn2CC2CCCCC2)n1. The fraction of sp³-hybridized carbons (Fsp3) is 0.571. The predicted molar refractivity (Wildman–Crippen MR) is 85.0 cm³/mol. The fourth-order valence-electron chi connectivity index (χ4n) is 2.70. The number of carbonyl (C=O) groups is 1. The number of hydrogen-bond donors (Lipinski definition) is 0. The molecule has 0 atom stereocenters. The average molecular weight is 345 g/mol. The largest absolute Gasteiger partial charge is 0.471 e. The van der Waals surface area contributed by atoms with Gasteiger partial charge in [0.1, 0.15) is 5.52 Å². The first kappa shape index (κ1) is 17.0. The molecule has 0 aromatic carbocycles. The summed E-state index contributed by atoms with van der Waals surface area (Å²) >= 11 is 11.9. The number of ether oxygens (including phenoxy) is 1. The monoisotopic (exact) mass is 344 g/mol. The number of halogens is 2. The van der Waals surface area contributed by atoms with Gasteiger partial charge in [-0.3, -0.25) is 4.79 Å². The average Bonchev–Trinajstić information content (AvgIpc) is 2.91. The van der Waals surface area contributed by atoms with Crippen molar-refractivity contribution in [3.63, 3.8) is 0 Å². The van der Waals surface area contributed by atoms with Gasteiger partial charge in [-0.1, -0.05) is 30.9 Å². The summed E-state index contributed by atoms with van der Waals surface area (Å²) in [6.45, 7) is 1.32. The van der Waals surface area contributed by atoms with Gasteiger partial charge in [0.2, 0.25) is 5.28 Å². The molecule has 1 fully saturated rings. The lowest BCUT2D eigenvalue weighted by Crippen LogP contribution is -2.13. The molecule has 6 nitrogen and oxygen atoms in total. The maximum absolute atomic E-state index is 8.95. The Morgan fingerprint density at radius 1 is 1.32 bits per heavy atom. The van der Waals surface area contributed by atoms with Crippen molar-refractivity contribution in [2.24, 2.45) is 5.92 Å². The minimum atomic E-state index is 0.149. The third kappa shape index (κ3) is 4.30. The molecule has 0 aliphatic heterocycles. The number of rotatable bonds is 3. The summed E-state index contributed by atoms with van der Waals surface area (Å²) in [6, 6.07) is 0. The van der Waals surface area contributed by atoms with Crippen LogP contribution >= 0.6 is 23.2 Å². The van der Waals surface area contributed by atoms with E-state index in [2.05, 4.69) is 24.3 Å². The molecule has 2 aromatic rings. The Morgan fingerprint density at radius 2 is 2.00 bits per heavy atom. The minimum Gasteiger partial charge on any atom is -0.471 e. The molecule has 8 heteroatoms. The van der Waals surface area contributed by atoms with E-state index in [1.165, 1.54) is 39.2 Å². The van der Waals surface area contributed by atoms with Gasteiger partial charge < -0.3 is 9.30 Å². The van der Waals surface area contributed by atoms with Crippen molar-refractivity contribution in [2.45, 2.75) is 38.6 Å². The second kappa shape index (κ2) is 8.29. The number of hydrogen-bond acceptors (Lipinski definition) is 5. The maximum Gasteiger partial charge on any atom is 0.292 e. The first-order valence-corrected chi connectivity index (χ1v) is 7.91. The van der Waals surface area contributed by atoms with E-state index in [1.807, 2.05) is 0 Å². The van der Waals surface area contributed by atoms with Gasteiger partial charge in [-0.25, -0.2) is 9.97 Å². The Balaban J connectivity index is 0.000000396. The molecule has 0 radical (unpaired) electrons. The Morgan fingerprint density at radius 3 is 2.64 bits per heavy atom. The highest BCUT2D eigenvalue weighted by Crippen LogP contribution is 2.28. The van der Waals surface area contributed by atoms with Crippen LogP contribution < -0.4 is 0 Å². The molecule has 2 heterocycles. The van der Waals surface area contributed by atoms with Gasteiger partial charge in [0.15, 0.2) is 10.8 Å². The quantitative estimate of drug-likeness (QED) is 0.484. The topological polar surface area (TPSA) is 69.9 Å². The summed E-state index contributed by atoms with van der Waals surface area (Å²) in [5.41, 5.74) is 1.38. The van der Waals surface area contributed by atoms with Crippen LogP contribution in [0.1, 0.15) is 32.1 Å². The Kier molecular flexibility index (Phi) is 6.39. The van der Waals surface area contributed by atoms with E-state index < -0.39 is 0 Å². The van der Waals surface area contributed by atoms with Gasteiger partial charge in [-0.05, 0) is 30.4 Å². The summed E-state index contributed by atoms with van der Waals surface area (Å²) < 4.78 is 5.92. The van der Waals surface area contributed by atoms with Gasteiger partial charge in [0.05, 0.1) is 13.4 Å². The van der Waals surface area contributed by atoms with Crippen molar-refractivity contribution < 1.29 is 9.53 Å². The Hall–Kier alpha value is -1.40. The minimum absolute atomic E-state index is 0.149. The second-order valence-electron chi connectivity index (χ2n) is 5.19. The lowest BCUT2D eigenvalue weighted by molar-refractivity contribution is -0.126. The van der Waals surface area contributed by atoms with Gasteiger partial charge in [-0.15, -0.1) is 0 Å². The van der Waals surface area contributed by atoms with Gasteiger partial charge in [-0.2, -0.15) is 4.98 Å². The van der Waals surface area contributed by atoms with Gasteiger partial charge in [0.25, 0.3) is 6.47 Å². The molecule has 1 saturated carbocycles. The highest BCUT2D eigenvalue weighted by molar-refractivity contribution is 6.35. The second-order valence-corrected chi connectivity index (χ2v) is 5.88. The van der Waals surface area contributed by atoms with E-state index >= 15 is 0 Å². The molecule has 0 N–H and O–H groups in total. The number of fused-ring (bicyclic) bond motifs is 1. The molecule has 22 heavy (non-hydrogen) atoms. The molecule has 0 spiro atoms. The summed E-state index contributed by atoms with van der Waals surface area (Å²) in [4.78, 5) is 21.3. The fourth-order valence-corrected chi connectivity index (χ4v) is 3.18. The molecule has 1 aliphatic carbocycles. The molecule has 120 valence electrons. The first-order chi connectivity index (χ1) is 10.7. The van der Waals surface area contributed by atoms with Crippen molar-refractivity contribution >= 4 is 40.8 Å². The highest BCUT2D eigenvalue weighted by atomic mass is 35.5. The number of aromatic nitrogens is 4. The van der Waals surface area contributed by atoms with Crippen LogP contribution in [0.4, 0.5) is 0 Å². The van der Waals surface area contributed by atoms with Crippen molar-refractivity contribution in [3.05, 3.63) is 16.8 Å². The lowest BCUT2D eigenvalue weighted by Gasteiger charge is -2.22. The van der Waals surface area contributed by atoms with Crippen molar-refractivity contribution in [3.8, 4) is 0 Å². The van der Waals surface area contributed by atoms with E-state index in [1.54, 1.807) is 6.33 Å². The predicted octanol–water partition coefficient (Wildman–Crippen LogP) is 3.50. The Labute approximate surface area is 138 Å². The molecular formula is C14H18Cl2N4O2. The van der Waals surface area contributed by atoms with Crippen LogP contribution in [0.5, 0.6) is 0 Å². The third-order valence-electron chi connectivity index (χ3n) is 3.68. The highest BCUT2D eigenvalue weighted by Gasteiger charge is 2.17. The van der Waals surface area contributed by atoms with Crippen molar-refractivity contribution in [1.82, 2.24) is 19.5 Å². The molecular weight excluding hydrogens is 327 g/mol. The molecule has 0 saturated heterocycles. The summed E-state index contributed by atoms with van der Waals surface area (Å²) in [5.74, 6) is 0.711. The normalized spacial score (nSPS) is 15.2. The van der Waals surface area contributed by atoms with Crippen LogP contribution in [0.15, 0.2) is 6.33 Å². The number of carbonyl (C=O) groups excluding carboxylic acids is 1. The molecule has 2 aromatic heterocycles. The van der Waals surface area contributed by atoms with E-state index in [0.29, 0.717) is 23.2 Å². The summed E-state index contributed by atoms with van der Waals surface area (Å²) in [7, 11) is 1.31. The van der Waals surface area contributed by atoms with Crippen LogP contribution in [0.2, 0.25) is 10.4 Å². The number of methoxy groups -OCH3 is 1. The summed E-state index contributed by atoms with van der Waals surface area (Å²) in [5, 5.41) is 0.536. The van der Waals surface area contributed by atoms with E-state index in [-0.39, 0.29) is 5.28 Å². The van der Waals surface area contributed by atoms with Crippen molar-refractivity contribution in [2.75, 3.05) is 7.11 Å². The van der Waals surface area contributed by atoms with Crippen LogP contribution in [0.3, 0.4) is 0 Å². The zero-order chi connectivity index (χ0) is 15.9. The van der Waals surface area contributed by atoms with Crippen LogP contribution in [0.25, 0.3) is 11.2 Å². The Bertz CT molecular complexity index is 627. The lowest BCUT2D eigenvalue weighted by atomic mass is 9.89. The zero-order valence-electron chi connectivity index (χ0n) is 12.3. The standard InChI is InChI=1S/C12H14Cl2N4.C2H4O2/c13-10-9-11(17-12(14)16-10)15-7-18(9)6-8-4-2-1-3-5-8;1-4-2-3/h7-8H,1-6H2;2H,1H3. The van der Waals surface area contributed by atoms with Crippen LogP contribution in [0, 0.1) is 5.92 Å². The molecule has 1 aliphatic rings. The molecule has 0 bridgehead atoms. The van der Waals surface area contributed by atoms with Crippen molar-refractivity contribution in [1.29, 1.82) is 0 Å². The first-order valence-electron chi connectivity index (χ1n) is 7.16. The third-order valence-corrected chi connectivity index (χ3v) is 4.11. The smallest absolute Gasteiger partial charge is 0.292 e. The number of imidazole rings is 1. The van der Waals surface area contributed by atoms with Gasteiger partial charge in [0, 0.05) is 6.54 Å². The summed E-state index contributed by atoms with van der Waals surface area (Å²) in [6.07, 6.45) is 8.37. The van der Waals surface area contributed by atoms with E-state index in [0.717, 1.165) is 12.1 Å². The van der Waals surface area contributed by atoms with E-state index in [9.17, 15) is 0 Å². The maximum atomic E-state index is 8.95. The number of nitrogens with zero attached hydrogens (tertiary/aromatic N) is 4. The van der Waals surface area contributed by atoms with Crippen LogP contribution in [-0.2, 0) is 16.1 Å². The molecule has 0 amide bonds. The zero-order valence-corrected chi connectivity index (χ0v) is 13.8. The molecule has 0 unspecified atom stereocenters. The van der Waals surface area contributed by atoms with Crippen LogP contribution in [-0.4, -0.2) is 33.1 Å². The van der Waals surface area contributed by atoms with E-state index in [4.69, 9.17) is 28.0 Å².